The molecule has 0 saturated heterocycles. The largest absolute Gasteiger partial charge is 0.496 e. The van der Waals surface area contributed by atoms with Crippen molar-refractivity contribution in [1.29, 1.82) is 0 Å². The van der Waals surface area contributed by atoms with E-state index in [0.29, 0.717) is 45.5 Å². The summed E-state index contributed by atoms with van der Waals surface area (Å²) in [5.74, 6) is 0.0992. The van der Waals surface area contributed by atoms with Gasteiger partial charge in [-0.2, -0.15) is 0 Å². The van der Waals surface area contributed by atoms with Crippen molar-refractivity contribution in [2.24, 2.45) is 11.1 Å². The predicted molar refractivity (Wildman–Crippen MR) is 169 cm³/mol. The molecule has 1 amide bonds. The van der Waals surface area contributed by atoms with Crippen molar-refractivity contribution in [3.63, 3.8) is 0 Å². The monoisotopic (exact) mass is 598 g/mol. The summed E-state index contributed by atoms with van der Waals surface area (Å²) < 4.78 is 21.1. The zero-order valence-electron chi connectivity index (χ0n) is 24.3. The number of carbonyl (C=O) groups excluding carboxylic acids is 1. The maximum absolute atomic E-state index is 15.5. The SMILES string of the molecule is COc1cc(-c2cccc(-c3cccc(Nc4nccc5nccnc45)c3Cl)c2C)cc(F)c1CNCC(C)(C)C(N)=O. The van der Waals surface area contributed by atoms with Crippen molar-refractivity contribution in [1.82, 2.24) is 20.3 Å². The van der Waals surface area contributed by atoms with Crippen molar-refractivity contribution < 1.29 is 13.9 Å². The molecule has 10 heteroatoms. The van der Waals surface area contributed by atoms with E-state index in [1.54, 1.807) is 38.5 Å². The predicted octanol–water partition coefficient (Wildman–Crippen LogP) is 6.81. The summed E-state index contributed by atoms with van der Waals surface area (Å²) in [5, 5.41) is 6.94. The second-order valence-electron chi connectivity index (χ2n) is 10.8. The van der Waals surface area contributed by atoms with Gasteiger partial charge in [-0.05, 0) is 67.3 Å². The topological polar surface area (TPSA) is 115 Å². The Morgan fingerprint density at radius 1 is 1.00 bits per heavy atom. The second-order valence-corrected chi connectivity index (χ2v) is 11.2. The summed E-state index contributed by atoms with van der Waals surface area (Å²) in [4.78, 5) is 24.9. The Labute approximate surface area is 254 Å². The number of carbonyl (C=O) groups is 1. The van der Waals surface area contributed by atoms with Gasteiger partial charge in [0.05, 0.1) is 28.8 Å². The van der Waals surface area contributed by atoms with E-state index < -0.39 is 17.1 Å². The summed E-state index contributed by atoms with van der Waals surface area (Å²) in [7, 11) is 1.51. The lowest BCUT2D eigenvalue weighted by Crippen LogP contribution is -2.40. The molecule has 0 fully saturated rings. The Morgan fingerprint density at radius 3 is 2.49 bits per heavy atom. The molecule has 0 atom stereocenters. The number of rotatable bonds is 10. The van der Waals surface area contributed by atoms with Crippen LogP contribution in [0, 0.1) is 18.2 Å². The number of hydrogen-bond acceptors (Lipinski definition) is 7. The van der Waals surface area contributed by atoms with Gasteiger partial charge in [0.1, 0.15) is 17.1 Å². The van der Waals surface area contributed by atoms with Gasteiger partial charge in [-0.1, -0.05) is 41.9 Å². The smallest absolute Gasteiger partial charge is 0.224 e. The van der Waals surface area contributed by atoms with E-state index in [-0.39, 0.29) is 6.54 Å². The van der Waals surface area contributed by atoms with Gasteiger partial charge in [-0.25, -0.2) is 14.4 Å². The van der Waals surface area contributed by atoms with Crippen molar-refractivity contribution in [3.05, 3.63) is 95.2 Å². The molecule has 0 aliphatic rings. The number of hydrogen-bond donors (Lipinski definition) is 3. The van der Waals surface area contributed by atoms with Crippen LogP contribution in [0.2, 0.25) is 5.02 Å². The van der Waals surface area contributed by atoms with Crippen LogP contribution < -0.4 is 21.1 Å². The van der Waals surface area contributed by atoms with Crippen LogP contribution in [0.1, 0.15) is 25.0 Å². The average molecular weight is 599 g/mol. The zero-order valence-corrected chi connectivity index (χ0v) is 25.1. The van der Waals surface area contributed by atoms with E-state index in [2.05, 4.69) is 25.6 Å². The third-order valence-electron chi connectivity index (χ3n) is 7.48. The molecule has 4 N–H and O–H groups in total. The first-order valence-electron chi connectivity index (χ1n) is 13.7. The Bertz CT molecular complexity index is 1820. The minimum Gasteiger partial charge on any atom is -0.496 e. The van der Waals surface area contributed by atoms with E-state index in [4.69, 9.17) is 22.1 Å². The summed E-state index contributed by atoms with van der Waals surface area (Å²) >= 11 is 6.97. The highest BCUT2D eigenvalue weighted by atomic mass is 35.5. The summed E-state index contributed by atoms with van der Waals surface area (Å²) in [6.45, 7) is 5.93. The first kappa shape index (κ1) is 29.9. The number of ether oxygens (including phenoxy) is 1. The standard InChI is InChI=1S/C33H32ClFN6O2/c1-19-21(20-15-25(35)24(28(16-20)43-4)17-37-18-33(2,3)32(36)42)7-5-8-22(19)23-9-6-10-26(29(23)34)41-31-30-27(11-12-40-31)38-13-14-39-30/h5-16,37H,17-18H2,1-4H3,(H2,36,42)(H,40,41). The molecule has 0 bridgehead atoms. The molecule has 8 nitrogen and oxygen atoms in total. The molecule has 0 spiro atoms. The number of nitrogens with zero attached hydrogens (tertiary/aromatic N) is 3. The van der Waals surface area contributed by atoms with Gasteiger partial charge in [0, 0.05) is 42.8 Å². The molecule has 3 aromatic carbocycles. The Balaban J connectivity index is 1.47. The van der Waals surface area contributed by atoms with Crippen molar-refractivity contribution in [3.8, 4) is 28.0 Å². The van der Waals surface area contributed by atoms with Gasteiger partial charge >= 0.3 is 0 Å². The number of benzene rings is 3. The maximum Gasteiger partial charge on any atom is 0.224 e. The van der Waals surface area contributed by atoms with E-state index in [0.717, 1.165) is 27.8 Å². The molecule has 0 radical (unpaired) electrons. The van der Waals surface area contributed by atoms with Crippen LogP contribution in [0.4, 0.5) is 15.9 Å². The van der Waals surface area contributed by atoms with Gasteiger partial charge in [0.2, 0.25) is 5.91 Å². The molecule has 5 aromatic rings. The van der Waals surface area contributed by atoms with Gasteiger partial charge in [0.25, 0.3) is 0 Å². The Morgan fingerprint density at radius 2 is 1.72 bits per heavy atom. The number of fused-ring (bicyclic) bond motifs is 1. The minimum absolute atomic E-state index is 0.178. The van der Waals surface area contributed by atoms with E-state index in [1.165, 1.54) is 13.2 Å². The molecule has 0 unspecified atom stereocenters. The van der Waals surface area contributed by atoms with Gasteiger partial charge in [-0.3, -0.25) is 9.78 Å². The summed E-state index contributed by atoms with van der Waals surface area (Å²) in [6, 6.07) is 16.7. The molecule has 43 heavy (non-hydrogen) atoms. The molecular weight excluding hydrogens is 567 g/mol. The van der Waals surface area contributed by atoms with E-state index in [1.807, 2.05) is 49.4 Å². The van der Waals surface area contributed by atoms with Gasteiger partial charge < -0.3 is 21.1 Å². The van der Waals surface area contributed by atoms with E-state index in [9.17, 15) is 4.79 Å². The number of primary amides is 1. The van der Waals surface area contributed by atoms with Crippen molar-refractivity contribution in [2.75, 3.05) is 19.0 Å². The number of nitrogens with one attached hydrogen (secondary N) is 2. The fourth-order valence-electron chi connectivity index (χ4n) is 4.90. The van der Waals surface area contributed by atoms with Crippen molar-refractivity contribution >= 4 is 40.0 Å². The number of aromatic nitrogens is 3. The fraction of sp³-hybridized carbons (Fsp3) is 0.212. The minimum atomic E-state index is -0.769. The van der Waals surface area contributed by atoms with Crippen LogP contribution in [0.3, 0.4) is 0 Å². The number of pyridine rings is 1. The maximum atomic E-state index is 15.5. The van der Waals surface area contributed by atoms with Crippen LogP contribution in [-0.2, 0) is 11.3 Å². The zero-order chi connectivity index (χ0) is 30.7. The molecule has 220 valence electrons. The molecular formula is C33H32ClFN6O2. The molecule has 2 heterocycles. The number of amides is 1. The van der Waals surface area contributed by atoms with Gasteiger partial charge in [0.15, 0.2) is 5.82 Å². The highest BCUT2D eigenvalue weighted by Gasteiger charge is 2.25. The lowest BCUT2D eigenvalue weighted by molar-refractivity contribution is -0.125. The second kappa shape index (κ2) is 12.3. The third kappa shape index (κ3) is 6.14. The fourth-order valence-corrected chi connectivity index (χ4v) is 5.18. The highest BCUT2D eigenvalue weighted by Crippen LogP contribution is 2.40. The van der Waals surface area contributed by atoms with Crippen LogP contribution in [0.25, 0.3) is 33.3 Å². The Hall–Kier alpha value is -4.60. The Kier molecular flexibility index (Phi) is 8.57. The van der Waals surface area contributed by atoms with E-state index >= 15 is 4.39 Å². The molecule has 0 aliphatic carbocycles. The molecule has 0 aliphatic heterocycles. The van der Waals surface area contributed by atoms with Crippen LogP contribution in [0.15, 0.2) is 73.2 Å². The van der Waals surface area contributed by atoms with Crippen LogP contribution >= 0.6 is 11.6 Å². The first-order valence-corrected chi connectivity index (χ1v) is 14.1. The summed E-state index contributed by atoms with van der Waals surface area (Å²) in [6.07, 6.45) is 4.92. The van der Waals surface area contributed by atoms with Crippen molar-refractivity contribution in [2.45, 2.75) is 27.3 Å². The molecule has 0 saturated carbocycles. The third-order valence-corrected chi connectivity index (χ3v) is 7.89. The normalized spacial score (nSPS) is 11.5. The number of halogens is 2. The number of methoxy groups -OCH3 is 1. The lowest BCUT2D eigenvalue weighted by Gasteiger charge is -2.21. The molecule has 5 rings (SSSR count). The van der Waals surface area contributed by atoms with Crippen LogP contribution in [0.5, 0.6) is 5.75 Å². The average Bonchev–Trinajstić information content (AvgIpc) is 2.99. The number of anilines is 2. The first-order chi connectivity index (χ1) is 20.6. The van der Waals surface area contributed by atoms with Crippen LogP contribution in [-0.4, -0.2) is 34.5 Å². The number of nitrogens with two attached hydrogens (primary N) is 1. The van der Waals surface area contributed by atoms with Gasteiger partial charge in [-0.15, -0.1) is 0 Å². The summed E-state index contributed by atoms with van der Waals surface area (Å²) in [5.41, 5.74) is 11.2. The highest BCUT2D eigenvalue weighted by molar-refractivity contribution is 6.36. The lowest BCUT2D eigenvalue weighted by atomic mass is 9.91. The molecule has 2 aromatic heterocycles. The quantitative estimate of drug-likeness (QED) is 0.162.